The van der Waals surface area contributed by atoms with Gasteiger partial charge in [0.25, 0.3) is 0 Å². The first-order valence-electron chi connectivity index (χ1n) is 5.43. The molecule has 18 heavy (non-hydrogen) atoms. The van der Waals surface area contributed by atoms with Gasteiger partial charge in [0.15, 0.2) is 5.82 Å². The van der Waals surface area contributed by atoms with E-state index in [1.54, 1.807) is 13.2 Å². The van der Waals surface area contributed by atoms with E-state index in [9.17, 15) is 0 Å². The number of hydrogen-bond donors (Lipinski definition) is 0. The highest BCUT2D eigenvalue weighted by molar-refractivity contribution is 6.31. The van der Waals surface area contributed by atoms with Crippen LogP contribution < -0.4 is 0 Å². The van der Waals surface area contributed by atoms with Gasteiger partial charge in [-0.1, -0.05) is 35.3 Å². The van der Waals surface area contributed by atoms with Crippen molar-refractivity contribution < 1.29 is 4.74 Å². The Hall–Kier alpha value is -1.16. The highest BCUT2D eigenvalue weighted by Gasteiger charge is 2.11. The zero-order valence-electron chi connectivity index (χ0n) is 10.0. The predicted octanol–water partition coefficient (Wildman–Crippen LogP) is 4.16. The van der Waals surface area contributed by atoms with Crippen LogP contribution in [0.1, 0.15) is 18.9 Å². The SMILES string of the molecule is CO[C@@H](C)c1nc(Cl)cc(-c2cccc(Cl)c2)n1. The van der Waals surface area contributed by atoms with E-state index in [0.717, 1.165) is 11.3 Å². The average Bonchev–Trinajstić information content (AvgIpc) is 2.37. The van der Waals surface area contributed by atoms with Crippen molar-refractivity contribution in [2.45, 2.75) is 13.0 Å². The number of halogens is 2. The number of methoxy groups -OCH3 is 1. The van der Waals surface area contributed by atoms with Crippen molar-refractivity contribution in [3.8, 4) is 11.3 Å². The van der Waals surface area contributed by atoms with E-state index in [4.69, 9.17) is 27.9 Å². The molecule has 0 aliphatic carbocycles. The molecular weight excluding hydrogens is 271 g/mol. The smallest absolute Gasteiger partial charge is 0.159 e. The van der Waals surface area contributed by atoms with Crippen molar-refractivity contribution in [2.75, 3.05) is 7.11 Å². The second kappa shape index (κ2) is 5.65. The van der Waals surface area contributed by atoms with E-state index in [0.29, 0.717) is 16.0 Å². The van der Waals surface area contributed by atoms with Gasteiger partial charge in [0.1, 0.15) is 11.3 Å². The lowest BCUT2D eigenvalue weighted by atomic mass is 10.1. The monoisotopic (exact) mass is 282 g/mol. The van der Waals surface area contributed by atoms with Crippen molar-refractivity contribution in [3.05, 3.63) is 46.3 Å². The van der Waals surface area contributed by atoms with Gasteiger partial charge < -0.3 is 4.74 Å². The van der Waals surface area contributed by atoms with E-state index < -0.39 is 0 Å². The summed E-state index contributed by atoms with van der Waals surface area (Å²) < 4.78 is 5.20. The molecule has 0 spiro atoms. The third-order valence-corrected chi connectivity index (χ3v) is 2.98. The fourth-order valence-electron chi connectivity index (χ4n) is 1.52. The molecular formula is C13H12Cl2N2O. The molecule has 94 valence electrons. The normalized spacial score (nSPS) is 12.4. The van der Waals surface area contributed by atoms with E-state index in [1.807, 2.05) is 31.2 Å². The lowest BCUT2D eigenvalue weighted by Crippen LogP contribution is -2.04. The summed E-state index contributed by atoms with van der Waals surface area (Å²) in [7, 11) is 1.61. The van der Waals surface area contributed by atoms with Crippen molar-refractivity contribution >= 4 is 23.2 Å². The molecule has 2 rings (SSSR count). The minimum atomic E-state index is -0.207. The van der Waals surface area contributed by atoms with E-state index in [-0.39, 0.29) is 6.10 Å². The van der Waals surface area contributed by atoms with Crippen molar-refractivity contribution in [1.82, 2.24) is 9.97 Å². The Balaban J connectivity index is 2.48. The largest absolute Gasteiger partial charge is 0.374 e. The van der Waals surface area contributed by atoms with Gasteiger partial charge in [0, 0.05) is 23.8 Å². The fourth-order valence-corrected chi connectivity index (χ4v) is 1.90. The Morgan fingerprint density at radius 3 is 2.61 bits per heavy atom. The first-order valence-corrected chi connectivity index (χ1v) is 6.19. The van der Waals surface area contributed by atoms with Crippen LogP contribution in [0.3, 0.4) is 0 Å². The molecule has 0 bridgehead atoms. The summed E-state index contributed by atoms with van der Waals surface area (Å²) in [6, 6.07) is 9.14. The number of hydrogen-bond acceptors (Lipinski definition) is 3. The third kappa shape index (κ3) is 2.99. The van der Waals surface area contributed by atoms with Gasteiger partial charge in [0.2, 0.25) is 0 Å². The zero-order chi connectivity index (χ0) is 13.1. The van der Waals surface area contributed by atoms with Crippen molar-refractivity contribution in [3.63, 3.8) is 0 Å². The summed E-state index contributed by atoms with van der Waals surface area (Å²) in [5, 5.41) is 1.04. The van der Waals surface area contributed by atoms with Crippen molar-refractivity contribution in [1.29, 1.82) is 0 Å². The molecule has 5 heteroatoms. The van der Waals surface area contributed by atoms with Crippen LogP contribution in [0.2, 0.25) is 10.2 Å². The minimum absolute atomic E-state index is 0.207. The minimum Gasteiger partial charge on any atom is -0.374 e. The molecule has 0 saturated heterocycles. The van der Waals surface area contributed by atoms with Gasteiger partial charge in [-0.2, -0.15) is 0 Å². The molecule has 0 aliphatic heterocycles. The molecule has 2 aromatic rings. The van der Waals surface area contributed by atoms with Gasteiger partial charge in [-0.05, 0) is 19.1 Å². The van der Waals surface area contributed by atoms with Crippen LogP contribution in [0.15, 0.2) is 30.3 Å². The summed E-state index contributed by atoms with van der Waals surface area (Å²) in [5.74, 6) is 0.556. The van der Waals surface area contributed by atoms with Gasteiger partial charge in [-0.15, -0.1) is 0 Å². The molecule has 0 aliphatic rings. The summed E-state index contributed by atoms with van der Waals surface area (Å²) in [6.07, 6.45) is -0.207. The predicted molar refractivity (Wildman–Crippen MR) is 72.9 cm³/mol. The van der Waals surface area contributed by atoms with Crippen LogP contribution in [0, 0.1) is 0 Å². The Labute approximate surface area is 116 Å². The Bertz CT molecular complexity index is 560. The van der Waals surface area contributed by atoms with E-state index >= 15 is 0 Å². The Kier molecular flexibility index (Phi) is 4.17. The molecule has 3 nitrogen and oxygen atoms in total. The van der Waals surface area contributed by atoms with Crippen LogP contribution in [0.4, 0.5) is 0 Å². The first-order chi connectivity index (χ1) is 8.60. The van der Waals surface area contributed by atoms with E-state index in [2.05, 4.69) is 9.97 Å². The van der Waals surface area contributed by atoms with Gasteiger partial charge in [-0.25, -0.2) is 9.97 Å². The van der Waals surface area contributed by atoms with Gasteiger partial charge in [-0.3, -0.25) is 0 Å². The standard InChI is InChI=1S/C13H12Cl2N2O/c1-8(18-2)13-16-11(7-12(15)17-13)9-4-3-5-10(14)6-9/h3-8H,1-2H3/t8-/m0/s1. The molecule has 0 unspecified atom stereocenters. The second-order valence-corrected chi connectivity index (χ2v) is 4.65. The summed E-state index contributed by atoms with van der Waals surface area (Å²) >= 11 is 12.0. The molecule has 0 saturated carbocycles. The molecule has 0 amide bonds. The Morgan fingerprint density at radius 1 is 1.17 bits per heavy atom. The highest BCUT2D eigenvalue weighted by Crippen LogP contribution is 2.24. The van der Waals surface area contributed by atoms with Crippen molar-refractivity contribution in [2.24, 2.45) is 0 Å². The van der Waals surface area contributed by atoms with Crippen LogP contribution >= 0.6 is 23.2 Å². The zero-order valence-corrected chi connectivity index (χ0v) is 11.5. The van der Waals surface area contributed by atoms with E-state index in [1.165, 1.54) is 0 Å². The summed E-state index contributed by atoms with van der Waals surface area (Å²) in [6.45, 7) is 1.87. The highest BCUT2D eigenvalue weighted by atomic mass is 35.5. The molecule has 0 radical (unpaired) electrons. The van der Waals surface area contributed by atoms with Crippen LogP contribution in [-0.4, -0.2) is 17.1 Å². The first kappa shape index (κ1) is 13.3. The molecule has 0 fully saturated rings. The molecule has 1 aromatic carbocycles. The summed E-state index contributed by atoms with van der Waals surface area (Å²) in [5.41, 5.74) is 1.63. The maximum atomic E-state index is 6.00. The number of ether oxygens (including phenoxy) is 1. The fraction of sp³-hybridized carbons (Fsp3) is 0.231. The molecule has 1 aromatic heterocycles. The third-order valence-electron chi connectivity index (χ3n) is 2.55. The lowest BCUT2D eigenvalue weighted by Gasteiger charge is -2.10. The maximum Gasteiger partial charge on any atom is 0.159 e. The van der Waals surface area contributed by atoms with Gasteiger partial charge >= 0.3 is 0 Å². The lowest BCUT2D eigenvalue weighted by molar-refractivity contribution is 0.112. The Morgan fingerprint density at radius 2 is 1.94 bits per heavy atom. The molecule has 1 atom stereocenters. The average molecular weight is 283 g/mol. The summed E-state index contributed by atoms with van der Waals surface area (Å²) in [4.78, 5) is 8.59. The maximum absolute atomic E-state index is 6.00. The van der Waals surface area contributed by atoms with Crippen LogP contribution in [-0.2, 0) is 4.74 Å². The topological polar surface area (TPSA) is 35.0 Å². The second-order valence-electron chi connectivity index (χ2n) is 3.82. The number of benzene rings is 1. The number of rotatable bonds is 3. The van der Waals surface area contributed by atoms with Crippen LogP contribution in [0.5, 0.6) is 0 Å². The number of aromatic nitrogens is 2. The quantitative estimate of drug-likeness (QED) is 0.793. The molecule has 0 N–H and O–H groups in total. The van der Waals surface area contributed by atoms with Crippen LogP contribution in [0.25, 0.3) is 11.3 Å². The van der Waals surface area contributed by atoms with Gasteiger partial charge in [0.05, 0.1) is 5.69 Å². The molecule has 1 heterocycles. The number of nitrogens with zero attached hydrogens (tertiary/aromatic N) is 2.